The van der Waals surface area contributed by atoms with Crippen molar-refractivity contribution in [2.75, 3.05) is 4.72 Å². The number of aryl methyl sites for hydroxylation is 1. The second kappa shape index (κ2) is 5.53. The van der Waals surface area contributed by atoms with Gasteiger partial charge in [0.25, 0.3) is 10.0 Å². The van der Waals surface area contributed by atoms with Crippen molar-refractivity contribution in [2.45, 2.75) is 11.8 Å². The van der Waals surface area contributed by atoms with Gasteiger partial charge in [-0.2, -0.15) is 0 Å². The van der Waals surface area contributed by atoms with Crippen molar-refractivity contribution in [3.8, 4) is 0 Å². The minimum atomic E-state index is -4.48. The first-order chi connectivity index (χ1) is 9.74. The summed E-state index contributed by atoms with van der Waals surface area (Å²) in [5, 5.41) is -0.151. The lowest BCUT2D eigenvalue weighted by atomic mass is 10.3. The van der Waals surface area contributed by atoms with Gasteiger partial charge >= 0.3 is 0 Å². The van der Waals surface area contributed by atoms with E-state index in [0.29, 0.717) is 17.7 Å². The van der Waals surface area contributed by atoms with Crippen LogP contribution < -0.4 is 4.72 Å². The monoisotopic (exact) mass is 336 g/mol. The van der Waals surface area contributed by atoms with Crippen molar-refractivity contribution in [3.63, 3.8) is 0 Å². The Kier molecular flexibility index (Phi) is 4.11. The molecule has 0 amide bonds. The van der Waals surface area contributed by atoms with Crippen LogP contribution in [-0.4, -0.2) is 13.4 Å². The van der Waals surface area contributed by atoms with Crippen molar-refractivity contribution in [3.05, 3.63) is 52.6 Å². The van der Waals surface area contributed by atoms with E-state index in [9.17, 15) is 21.6 Å². The molecule has 2 rings (SSSR count). The van der Waals surface area contributed by atoms with E-state index in [0.717, 1.165) is 0 Å². The molecule has 0 radical (unpaired) electrons. The summed E-state index contributed by atoms with van der Waals surface area (Å²) in [7, 11) is -4.48. The minimum absolute atomic E-state index is 0.0664. The molecule has 0 atom stereocenters. The Morgan fingerprint density at radius 2 is 1.81 bits per heavy atom. The molecule has 0 unspecified atom stereocenters. The number of pyridine rings is 1. The number of benzene rings is 1. The van der Waals surface area contributed by atoms with Gasteiger partial charge in [0.1, 0.15) is 4.90 Å². The summed E-state index contributed by atoms with van der Waals surface area (Å²) in [5.41, 5.74) is 0.366. The van der Waals surface area contributed by atoms with Crippen molar-refractivity contribution in [1.29, 1.82) is 0 Å². The highest BCUT2D eigenvalue weighted by Crippen LogP contribution is 2.27. The highest BCUT2D eigenvalue weighted by atomic mass is 35.5. The van der Waals surface area contributed by atoms with Crippen LogP contribution in [0.2, 0.25) is 5.15 Å². The fourth-order valence-corrected chi connectivity index (χ4v) is 3.07. The molecular formula is C12H8ClF3N2O2S. The summed E-state index contributed by atoms with van der Waals surface area (Å²) >= 11 is 5.75. The number of sulfonamides is 1. The maximum atomic E-state index is 13.6. The van der Waals surface area contributed by atoms with Crippen LogP contribution in [0.25, 0.3) is 0 Å². The molecule has 2 aromatic rings. The first kappa shape index (κ1) is 15.6. The zero-order valence-corrected chi connectivity index (χ0v) is 12.1. The number of anilines is 1. The van der Waals surface area contributed by atoms with Crippen LogP contribution in [0.4, 0.5) is 18.9 Å². The minimum Gasteiger partial charge on any atom is -0.276 e. The van der Waals surface area contributed by atoms with Crippen molar-refractivity contribution >= 4 is 27.3 Å². The zero-order chi connectivity index (χ0) is 15.8. The van der Waals surface area contributed by atoms with Gasteiger partial charge in [0.2, 0.25) is 0 Å². The number of nitrogens with one attached hydrogen (secondary N) is 1. The smallest absolute Gasteiger partial charge is 0.265 e. The lowest BCUT2D eigenvalue weighted by molar-refractivity contribution is 0.432. The fraction of sp³-hybridized carbons (Fsp3) is 0.0833. The molecular weight excluding hydrogens is 329 g/mol. The topological polar surface area (TPSA) is 59.1 Å². The molecule has 0 aliphatic heterocycles. The molecule has 0 saturated carbocycles. The first-order valence-corrected chi connectivity index (χ1v) is 7.37. The van der Waals surface area contributed by atoms with Crippen LogP contribution in [-0.2, 0) is 10.0 Å². The molecule has 0 aliphatic carbocycles. The van der Waals surface area contributed by atoms with Gasteiger partial charge in [0.15, 0.2) is 22.6 Å². The summed E-state index contributed by atoms with van der Waals surface area (Å²) in [4.78, 5) is 2.66. The Hall–Kier alpha value is -1.80. The lowest BCUT2D eigenvalue weighted by Crippen LogP contribution is -2.17. The van der Waals surface area contributed by atoms with Crippen LogP contribution in [0.15, 0.2) is 29.3 Å². The van der Waals surface area contributed by atoms with Crippen LogP contribution in [0, 0.1) is 24.4 Å². The van der Waals surface area contributed by atoms with E-state index in [4.69, 9.17) is 11.6 Å². The molecule has 21 heavy (non-hydrogen) atoms. The number of nitrogens with zero attached hydrogens (tertiary/aromatic N) is 1. The highest BCUT2D eigenvalue weighted by Gasteiger charge is 2.25. The number of hydrogen-bond acceptors (Lipinski definition) is 3. The van der Waals surface area contributed by atoms with Crippen LogP contribution in [0.5, 0.6) is 0 Å². The lowest BCUT2D eigenvalue weighted by Gasteiger charge is -2.12. The van der Waals surface area contributed by atoms with Gasteiger partial charge in [0.05, 0.1) is 5.69 Å². The van der Waals surface area contributed by atoms with E-state index in [1.54, 1.807) is 6.92 Å². The standard InChI is InChI=1S/C12H8ClF3N2O2S/c1-6-4-5-17-12(13)11(6)18-21(19,20)8-3-2-7(14)9(15)10(8)16/h2-5,18H,1H3. The maximum absolute atomic E-state index is 13.6. The van der Waals surface area contributed by atoms with Crippen molar-refractivity contribution < 1.29 is 21.6 Å². The zero-order valence-electron chi connectivity index (χ0n) is 10.5. The summed E-state index contributed by atoms with van der Waals surface area (Å²) in [6, 6.07) is 2.62. The van der Waals surface area contributed by atoms with E-state index >= 15 is 0 Å². The summed E-state index contributed by atoms with van der Waals surface area (Å²) in [6.07, 6.45) is 1.35. The molecule has 4 nitrogen and oxygen atoms in total. The summed E-state index contributed by atoms with van der Waals surface area (Å²) < 4.78 is 65.7. The molecule has 1 heterocycles. The van der Waals surface area contributed by atoms with Crippen molar-refractivity contribution in [1.82, 2.24) is 4.98 Å². The van der Waals surface area contributed by atoms with Gasteiger partial charge in [0, 0.05) is 6.20 Å². The van der Waals surface area contributed by atoms with E-state index in [1.807, 2.05) is 4.72 Å². The third-order valence-corrected chi connectivity index (χ3v) is 4.29. The Bertz CT molecular complexity index is 792. The number of rotatable bonds is 3. The molecule has 0 bridgehead atoms. The molecule has 1 aromatic heterocycles. The molecule has 1 N–H and O–H groups in total. The van der Waals surface area contributed by atoms with Gasteiger partial charge in [-0.05, 0) is 30.7 Å². The third-order valence-electron chi connectivity index (χ3n) is 2.64. The van der Waals surface area contributed by atoms with Gasteiger partial charge < -0.3 is 0 Å². The predicted molar refractivity (Wildman–Crippen MR) is 71.1 cm³/mol. The largest absolute Gasteiger partial charge is 0.276 e. The predicted octanol–water partition coefficient (Wildman–Crippen LogP) is 3.26. The Morgan fingerprint density at radius 1 is 1.14 bits per heavy atom. The Morgan fingerprint density at radius 3 is 2.43 bits per heavy atom. The number of halogens is 4. The van der Waals surface area contributed by atoms with Gasteiger partial charge in [-0.3, -0.25) is 4.72 Å². The summed E-state index contributed by atoms with van der Waals surface area (Å²) in [5.74, 6) is -5.16. The number of aromatic nitrogens is 1. The van der Waals surface area contributed by atoms with E-state index in [-0.39, 0.29) is 10.8 Å². The van der Waals surface area contributed by atoms with E-state index < -0.39 is 32.4 Å². The SMILES string of the molecule is Cc1ccnc(Cl)c1NS(=O)(=O)c1ccc(F)c(F)c1F. The Labute approximate surface area is 123 Å². The van der Waals surface area contributed by atoms with E-state index in [2.05, 4.69) is 4.98 Å². The normalized spacial score (nSPS) is 11.5. The second-order valence-corrected chi connectivity index (χ2v) is 6.08. The molecule has 9 heteroatoms. The quantitative estimate of drug-likeness (QED) is 0.691. The molecule has 0 spiro atoms. The van der Waals surface area contributed by atoms with Crippen LogP contribution in [0.3, 0.4) is 0 Å². The Balaban J connectivity index is 2.52. The van der Waals surface area contributed by atoms with Gasteiger partial charge in [-0.1, -0.05) is 11.6 Å². The van der Waals surface area contributed by atoms with E-state index in [1.165, 1.54) is 12.3 Å². The average molecular weight is 337 g/mol. The molecule has 0 fully saturated rings. The van der Waals surface area contributed by atoms with Crippen molar-refractivity contribution in [2.24, 2.45) is 0 Å². The molecule has 0 aliphatic rings. The van der Waals surface area contributed by atoms with Crippen LogP contribution in [0.1, 0.15) is 5.56 Å². The van der Waals surface area contributed by atoms with Crippen LogP contribution >= 0.6 is 11.6 Å². The fourth-order valence-electron chi connectivity index (χ4n) is 1.55. The third kappa shape index (κ3) is 2.96. The number of hydrogen-bond donors (Lipinski definition) is 1. The van der Waals surface area contributed by atoms with Gasteiger partial charge in [-0.25, -0.2) is 26.6 Å². The second-order valence-electron chi connectivity index (χ2n) is 4.07. The average Bonchev–Trinajstić information content (AvgIpc) is 2.40. The summed E-state index contributed by atoms with van der Waals surface area (Å²) in [6.45, 7) is 1.55. The first-order valence-electron chi connectivity index (χ1n) is 5.51. The van der Waals surface area contributed by atoms with Gasteiger partial charge in [-0.15, -0.1) is 0 Å². The maximum Gasteiger partial charge on any atom is 0.265 e. The molecule has 1 aromatic carbocycles. The highest BCUT2D eigenvalue weighted by molar-refractivity contribution is 7.92. The molecule has 112 valence electrons. The molecule has 0 saturated heterocycles.